The van der Waals surface area contributed by atoms with Gasteiger partial charge in [0.05, 0.1) is 28.7 Å². The monoisotopic (exact) mass is 413 g/mol. The van der Waals surface area contributed by atoms with Crippen LogP contribution in [0.4, 0.5) is 0 Å². The van der Waals surface area contributed by atoms with Gasteiger partial charge in [-0.3, -0.25) is 9.48 Å². The predicted octanol–water partition coefficient (Wildman–Crippen LogP) is 4.76. The molecular weight excluding hydrogens is 386 g/mol. The van der Waals surface area contributed by atoms with Gasteiger partial charge >= 0.3 is 0 Å². The van der Waals surface area contributed by atoms with Crippen LogP contribution in [0.25, 0.3) is 16.9 Å². The quantitative estimate of drug-likeness (QED) is 0.474. The highest BCUT2D eigenvalue weighted by Crippen LogP contribution is 2.25. The van der Waals surface area contributed by atoms with Gasteiger partial charge in [-0.1, -0.05) is 48.5 Å². The smallest absolute Gasteiger partial charge is 0.257 e. The van der Waals surface area contributed by atoms with Crippen LogP contribution in [0.1, 0.15) is 36.7 Å². The summed E-state index contributed by atoms with van der Waals surface area (Å²) in [6.45, 7) is 6.61. The molecular formula is C25H27N5O. The highest BCUT2D eigenvalue weighted by molar-refractivity contribution is 5.93. The van der Waals surface area contributed by atoms with Crippen LogP contribution >= 0.6 is 0 Å². The Balaban J connectivity index is 1.64. The lowest BCUT2D eigenvalue weighted by Crippen LogP contribution is -2.26. The second-order valence-electron chi connectivity index (χ2n) is 8.65. The van der Waals surface area contributed by atoms with E-state index in [2.05, 4.69) is 25.9 Å². The fraction of sp³-hybridized carbons (Fsp3) is 0.240. The number of rotatable bonds is 5. The Labute approximate surface area is 182 Å². The van der Waals surface area contributed by atoms with Crippen molar-refractivity contribution in [1.82, 2.24) is 24.5 Å². The summed E-state index contributed by atoms with van der Waals surface area (Å²) >= 11 is 0. The zero-order valence-electron chi connectivity index (χ0n) is 18.4. The number of carbonyl (C=O) groups is 1. The number of carbonyl (C=O) groups excluding carboxylic acids is 1. The van der Waals surface area contributed by atoms with E-state index in [1.165, 1.54) is 0 Å². The third kappa shape index (κ3) is 4.43. The summed E-state index contributed by atoms with van der Waals surface area (Å²) in [4.78, 5) is 14.8. The molecule has 6 heteroatoms. The van der Waals surface area contributed by atoms with Gasteiger partial charge in [0.25, 0.3) is 5.91 Å². The molecule has 0 unspecified atom stereocenters. The Morgan fingerprint density at radius 2 is 1.61 bits per heavy atom. The summed E-state index contributed by atoms with van der Waals surface area (Å²) in [6, 6.07) is 20.0. The van der Waals surface area contributed by atoms with E-state index in [4.69, 9.17) is 5.10 Å². The fourth-order valence-corrected chi connectivity index (χ4v) is 3.43. The summed E-state index contributed by atoms with van der Waals surface area (Å²) in [5.74, 6) is -0.0676. The molecule has 2 aromatic heterocycles. The molecule has 0 aliphatic carbocycles. The van der Waals surface area contributed by atoms with Gasteiger partial charge in [0.2, 0.25) is 0 Å². The molecule has 4 rings (SSSR count). The standard InChI is InChI=1S/C25H27N5O/c1-25(2,3)30-18-20(15-26-30)24(31)28(4)16-21-17-29(22-13-9-6-10-14-22)27-23(21)19-11-7-5-8-12-19/h5-15,17-18H,16H2,1-4H3. The summed E-state index contributed by atoms with van der Waals surface area (Å²) in [7, 11) is 1.81. The van der Waals surface area contributed by atoms with E-state index in [0.29, 0.717) is 12.1 Å². The average Bonchev–Trinajstić information content (AvgIpc) is 3.42. The first-order valence-electron chi connectivity index (χ1n) is 10.3. The predicted molar refractivity (Wildman–Crippen MR) is 122 cm³/mol. The van der Waals surface area contributed by atoms with Crippen molar-refractivity contribution in [1.29, 1.82) is 0 Å². The number of hydrogen-bond acceptors (Lipinski definition) is 3. The lowest BCUT2D eigenvalue weighted by Gasteiger charge is -2.19. The maximum absolute atomic E-state index is 13.1. The molecule has 0 aliphatic rings. The van der Waals surface area contributed by atoms with E-state index in [0.717, 1.165) is 22.5 Å². The van der Waals surface area contributed by atoms with Crippen molar-refractivity contribution in [3.8, 4) is 16.9 Å². The van der Waals surface area contributed by atoms with Crippen LogP contribution in [0.3, 0.4) is 0 Å². The minimum absolute atomic E-state index is 0.0676. The Bertz CT molecular complexity index is 1170. The topological polar surface area (TPSA) is 56.0 Å². The van der Waals surface area contributed by atoms with Crippen molar-refractivity contribution in [2.45, 2.75) is 32.9 Å². The zero-order chi connectivity index (χ0) is 22.0. The first kappa shape index (κ1) is 20.6. The first-order valence-corrected chi connectivity index (χ1v) is 10.3. The molecule has 2 aromatic carbocycles. The van der Waals surface area contributed by atoms with Crippen LogP contribution in [-0.4, -0.2) is 37.4 Å². The van der Waals surface area contributed by atoms with Gasteiger partial charge in [0.1, 0.15) is 0 Å². The van der Waals surface area contributed by atoms with Crippen molar-refractivity contribution >= 4 is 5.91 Å². The van der Waals surface area contributed by atoms with E-state index in [1.54, 1.807) is 11.1 Å². The summed E-state index contributed by atoms with van der Waals surface area (Å²) in [6.07, 6.45) is 5.44. The lowest BCUT2D eigenvalue weighted by molar-refractivity contribution is 0.0785. The van der Waals surface area contributed by atoms with E-state index >= 15 is 0 Å². The lowest BCUT2D eigenvalue weighted by atomic mass is 10.1. The molecule has 0 radical (unpaired) electrons. The van der Waals surface area contributed by atoms with Crippen LogP contribution in [0.5, 0.6) is 0 Å². The Kier molecular flexibility index (Phi) is 5.46. The zero-order valence-corrected chi connectivity index (χ0v) is 18.4. The van der Waals surface area contributed by atoms with Crippen molar-refractivity contribution in [3.63, 3.8) is 0 Å². The molecule has 31 heavy (non-hydrogen) atoms. The van der Waals surface area contributed by atoms with Gasteiger partial charge in [-0.15, -0.1) is 0 Å². The highest BCUT2D eigenvalue weighted by Gasteiger charge is 2.21. The molecule has 2 heterocycles. The molecule has 4 aromatic rings. The first-order chi connectivity index (χ1) is 14.8. The van der Waals surface area contributed by atoms with Gasteiger partial charge in [-0.05, 0) is 32.9 Å². The van der Waals surface area contributed by atoms with Crippen molar-refractivity contribution in [2.24, 2.45) is 0 Å². The Morgan fingerprint density at radius 1 is 0.968 bits per heavy atom. The normalized spacial score (nSPS) is 11.5. The van der Waals surface area contributed by atoms with Crippen molar-refractivity contribution in [3.05, 3.63) is 90.4 Å². The molecule has 6 nitrogen and oxygen atoms in total. The van der Waals surface area contributed by atoms with Gasteiger partial charge in [-0.2, -0.15) is 10.2 Å². The Hall–Kier alpha value is -3.67. The van der Waals surface area contributed by atoms with Gasteiger partial charge < -0.3 is 4.90 Å². The van der Waals surface area contributed by atoms with E-state index in [9.17, 15) is 4.79 Å². The molecule has 0 saturated carbocycles. The van der Waals surface area contributed by atoms with Gasteiger partial charge in [-0.25, -0.2) is 4.68 Å². The number of para-hydroxylation sites is 1. The molecule has 0 spiro atoms. The molecule has 0 saturated heterocycles. The maximum Gasteiger partial charge on any atom is 0.257 e. The summed E-state index contributed by atoms with van der Waals surface area (Å²) < 4.78 is 3.69. The van der Waals surface area contributed by atoms with E-state index in [1.807, 2.05) is 89.5 Å². The van der Waals surface area contributed by atoms with Crippen LogP contribution in [0, 0.1) is 0 Å². The van der Waals surface area contributed by atoms with E-state index in [-0.39, 0.29) is 11.4 Å². The fourth-order valence-electron chi connectivity index (χ4n) is 3.43. The third-order valence-corrected chi connectivity index (χ3v) is 5.13. The van der Waals surface area contributed by atoms with Crippen molar-refractivity contribution < 1.29 is 4.79 Å². The van der Waals surface area contributed by atoms with Crippen molar-refractivity contribution in [2.75, 3.05) is 7.05 Å². The summed E-state index contributed by atoms with van der Waals surface area (Å²) in [5.41, 5.74) is 4.26. The number of amides is 1. The van der Waals surface area contributed by atoms with Crippen LogP contribution in [-0.2, 0) is 12.1 Å². The number of nitrogens with zero attached hydrogens (tertiary/aromatic N) is 5. The van der Waals surface area contributed by atoms with Crippen LogP contribution < -0.4 is 0 Å². The molecule has 0 fully saturated rings. The second-order valence-corrected chi connectivity index (χ2v) is 8.65. The number of benzene rings is 2. The molecule has 1 amide bonds. The van der Waals surface area contributed by atoms with Crippen LogP contribution in [0.2, 0.25) is 0 Å². The molecule has 0 N–H and O–H groups in total. The minimum Gasteiger partial charge on any atom is -0.337 e. The van der Waals surface area contributed by atoms with Gasteiger partial charge in [0, 0.05) is 37.1 Å². The third-order valence-electron chi connectivity index (χ3n) is 5.13. The molecule has 0 bridgehead atoms. The average molecular weight is 414 g/mol. The van der Waals surface area contributed by atoms with Gasteiger partial charge in [0.15, 0.2) is 0 Å². The number of hydrogen-bond donors (Lipinski definition) is 0. The Morgan fingerprint density at radius 3 is 2.23 bits per heavy atom. The second kappa shape index (κ2) is 8.22. The SMILES string of the molecule is CN(Cc1cn(-c2ccccc2)nc1-c1ccccc1)C(=O)c1cnn(C(C)(C)C)c1. The molecule has 0 atom stereocenters. The maximum atomic E-state index is 13.1. The molecule has 158 valence electrons. The highest BCUT2D eigenvalue weighted by atomic mass is 16.2. The minimum atomic E-state index is -0.172. The largest absolute Gasteiger partial charge is 0.337 e. The molecule has 0 aliphatic heterocycles. The van der Waals surface area contributed by atoms with E-state index < -0.39 is 0 Å². The summed E-state index contributed by atoms with van der Waals surface area (Å²) in [5, 5.41) is 9.19. The number of aromatic nitrogens is 4. The van der Waals surface area contributed by atoms with Crippen LogP contribution in [0.15, 0.2) is 79.3 Å².